The third kappa shape index (κ3) is 7.60. The number of hydrogen-bond donors (Lipinski definition) is 7. The Balaban J connectivity index is 1.10. The van der Waals surface area contributed by atoms with Crippen LogP contribution in [0.1, 0.15) is 34.0 Å². The summed E-state index contributed by atoms with van der Waals surface area (Å²) in [7, 11) is 0. The van der Waals surface area contributed by atoms with Gasteiger partial charge in [0.2, 0.25) is 6.29 Å². The average Bonchev–Trinajstić information content (AvgIpc) is 3.39. The van der Waals surface area contributed by atoms with Gasteiger partial charge >= 0.3 is 5.97 Å². The molecule has 0 radical (unpaired) electrons. The fourth-order valence-corrected chi connectivity index (χ4v) is 5.74. The second kappa shape index (κ2) is 14.7. The van der Waals surface area contributed by atoms with Crippen molar-refractivity contribution in [2.75, 3.05) is 19.8 Å². The zero-order valence-electron chi connectivity index (χ0n) is 26.3. The molecule has 3 aliphatic heterocycles. The zero-order chi connectivity index (χ0) is 35.6. The molecule has 3 aromatic rings. The monoisotopic (exact) mass is 696 g/mol. The Morgan fingerprint density at radius 3 is 2.38 bits per heavy atom. The third-order valence-electron chi connectivity index (χ3n) is 8.60. The predicted molar refractivity (Wildman–Crippen MR) is 169 cm³/mol. The van der Waals surface area contributed by atoms with Crippen LogP contribution in [0.3, 0.4) is 0 Å². The Hall–Kier alpha value is -4.58. The highest BCUT2D eigenvalue weighted by atomic mass is 16.8. The number of benzene rings is 3. The Bertz CT molecular complexity index is 1690. The number of phenols is 2. The Labute approximate surface area is 285 Å². The molecule has 50 heavy (non-hydrogen) atoms. The molecule has 2 fully saturated rings. The number of fused-ring (bicyclic) bond motifs is 1. The Morgan fingerprint density at radius 2 is 1.66 bits per heavy atom. The van der Waals surface area contributed by atoms with E-state index in [1.54, 1.807) is 24.3 Å². The molecule has 266 valence electrons. The number of esters is 1. The lowest BCUT2D eigenvalue weighted by Gasteiger charge is -2.42. The molecule has 15 heteroatoms. The molecular formula is C35H36O15. The molecule has 0 unspecified atom stereocenters. The average molecular weight is 697 g/mol. The van der Waals surface area contributed by atoms with Crippen LogP contribution >= 0.6 is 0 Å². The van der Waals surface area contributed by atoms with Crippen molar-refractivity contribution in [3.05, 3.63) is 89.5 Å². The first-order valence-electron chi connectivity index (χ1n) is 15.7. The summed E-state index contributed by atoms with van der Waals surface area (Å²) in [5.41, 5.74) is -0.508. The molecule has 3 aliphatic rings. The molecule has 15 nitrogen and oxygen atoms in total. The van der Waals surface area contributed by atoms with Gasteiger partial charge < -0.3 is 64.2 Å². The van der Waals surface area contributed by atoms with Crippen LogP contribution < -0.4 is 9.47 Å². The van der Waals surface area contributed by atoms with E-state index >= 15 is 0 Å². The van der Waals surface area contributed by atoms with Crippen molar-refractivity contribution in [3.63, 3.8) is 0 Å². The Kier molecular flexibility index (Phi) is 10.4. The first-order chi connectivity index (χ1) is 23.9. The molecule has 0 bridgehead atoms. The second-order valence-corrected chi connectivity index (χ2v) is 12.2. The zero-order valence-corrected chi connectivity index (χ0v) is 26.3. The van der Waals surface area contributed by atoms with E-state index in [1.807, 2.05) is 0 Å². The summed E-state index contributed by atoms with van der Waals surface area (Å²) in [6, 6.07) is 16.6. The van der Waals surface area contributed by atoms with Gasteiger partial charge in [0.05, 0.1) is 25.2 Å². The number of phenolic OH excluding ortho intramolecular Hbond substituents is 2. The maximum atomic E-state index is 12.7. The van der Waals surface area contributed by atoms with Crippen molar-refractivity contribution in [1.82, 2.24) is 0 Å². The first kappa shape index (κ1) is 35.3. The number of aliphatic hydroxyl groups is 5. The number of ketones is 1. The van der Waals surface area contributed by atoms with E-state index in [9.17, 15) is 45.3 Å². The maximum absolute atomic E-state index is 12.7. The summed E-state index contributed by atoms with van der Waals surface area (Å²) in [6.45, 7) is -1.88. The number of ether oxygens (including phenoxy) is 6. The summed E-state index contributed by atoms with van der Waals surface area (Å²) in [6.07, 6.45) is -9.03. The lowest BCUT2D eigenvalue weighted by atomic mass is 9.96. The van der Waals surface area contributed by atoms with E-state index < -0.39 is 80.6 Å². The van der Waals surface area contributed by atoms with Crippen molar-refractivity contribution in [2.45, 2.75) is 61.2 Å². The number of carbonyl (C=O) groups is 2. The number of aliphatic hydroxyl groups excluding tert-OH is 4. The van der Waals surface area contributed by atoms with Crippen LogP contribution in [0, 0.1) is 0 Å². The van der Waals surface area contributed by atoms with Crippen molar-refractivity contribution in [1.29, 1.82) is 0 Å². The molecule has 2 saturated heterocycles. The minimum Gasteiger partial charge on any atom is -0.508 e. The number of rotatable bonds is 10. The van der Waals surface area contributed by atoms with Gasteiger partial charge in [-0.3, -0.25) is 4.79 Å². The predicted octanol–water partition coefficient (Wildman–Crippen LogP) is 0.712. The van der Waals surface area contributed by atoms with E-state index in [2.05, 4.69) is 0 Å². The Morgan fingerprint density at radius 1 is 0.940 bits per heavy atom. The molecule has 0 aromatic heterocycles. The lowest BCUT2D eigenvalue weighted by Crippen LogP contribution is -2.62. The topological polar surface area (TPSA) is 231 Å². The largest absolute Gasteiger partial charge is 0.508 e. The van der Waals surface area contributed by atoms with Crippen LogP contribution in [-0.2, 0) is 23.7 Å². The van der Waals surface area contributed by atoms with E-state index in [4.69, 9.17) is 28.4 Å². The van der Waals surface area contributed by atoms with Gasteiger partial charge in [0.25, 0.3) is 0 Å². The van der Waals surface area contributed by atoms with Crippen LogP contribution in [0.25, 0.3) is 6.08 Å². The number of aromatic hydroxyl groups is 2. The molecule has 3 aromatic carbocycles. The fourth-order valence-electron chi connectivity index (χ4n) is 5.74. The summed E-state index contributed by atoms with van der Waals surface area (Å²) in [5.74, 6) is -0.515. The molecule has 0 saturated carbocycles. The van der Waals surface area contributed by atoms with Crippen LogP contribution in [0.5, 0.6) is 23.0 Å². The summed E-state index contributed by atoms with van der Waals surface area (Å²) >= 11 is 0. The van der Waals surface area contributed by atoms with E-state index in [1.165, 1.54) is 48.5 Å². The van der Waals surface area contributed by atoms with Crippen LogP contribution in [0.15, 0.2) is 72.8 Å². The van der Waals surface area contributed by atoms with Crippen LogP contribution in [0.4, 0.5) is 0 Å². The second-order valence-electron chi connectivity index (χ2n) is 12.2. The maximum Gasteiger partial charge on any atom is 0.330 e. The minimum absolute atomic E-state index is 0.0436. The highest BCUT2D eigenvalue weighted by Gasteiger charge is 2.54. The summed E-state index contributed by atoms with van der Waals surface area (Å²) in [4.78, 5) is 24.9. The standard InChI is InChI=1S/C35H36O15/c36-15-27-29(41)30(42)31(50-34-32(43)35(44,17-46-34)16-45-28(40)12-3-18-1-6-20(37)7-2-18)33(49-27)47-22-9-4-19(5-10-22)25-14-24(39)23-11-8-21(38)13-26(23)48-25/h1-13,25,27,29-34,36-38,41-44H,14-17H2/b12-3+/t25-,27-,29-,30+,31-,32-,33-,34+,35-/m1/s1. The highest BCUT2D eigenvalue weighted by molar-refractivity contribution is 6.00. The highest BCUT2D eigenvalue weighted by Crippen LogP contribution is 2.38. The van der Waals surface area contributed by atoms with Crippen LogP contribution in [-0.4, -0.2) is 116 Å². The van der Waals surface area contributed by atoms with E-state index in [0.29, 0.717) is 16.7 Å². The van der Waals surface area contributed by atoms with Gasteiger partial charge in [-0.05, 0) is 53.6 Å². The molecule has 0 spiro atoms. The first-order valence-corrected chi connectivity index (χ1v) is 15.7. The van der Waals surface area contributed by atoms with Crippen molar-refractivity contribution in [3.8, 4) is 23.0 Å². The third-order valence-corrected chi connectivity index (χ3v) is 8.60. The number of carbonyl (C=O) groups excluding carboxylic acids is 2. The van der Waals surface area contributed by atoms with Gasteiger partial charge in [-0.25, -0.2) is 4.79 Å². The van der Waals surface area contributed by atoms with Gasteiger partial charge in [0.15, 0.2) is 23.8 Å². The molecule has 9 atom stereocenters. The van der Waals surface area contributed by atoms with Gasteiger partial charge in [-0.15, -0.1) is 0 Å². The summed E-state index contributed by atoms with van der Waals surface area (Å²) in [5, 5.41) is 72.4. The van der Waals surface area contributed by atoms with Gasteiger partial charge in [-0.1, -0.05) is 24.3 Å². The van der Waals surface area contributed by atoms with E-state index in [-0.39, 0.29) is 35.2 Å². The fraction of sp³-hybridized carbons (Fsp3) is 0.371. The van der Waals surface area contributed by atoms with Crippen molar-refractivity contribution < 1.29 is 73.8 Å². The van der Waals surface area contributed by atoms with Gasteiger partial charge in [0, 0.05) is 12.1 Å². The quantitative estimate of drug-likeness (QED) is 0.114. The molecule has 0 aliphatic carbocycles. The van der Waals surface area contributed by atoms with Crippen LogP contribution in [0.2, 0.25) is 0 Å². The number of Topliss-reactive ketones (excluding diaryl/α,β-unsaturated/α-hetero) is 1. The summed E-state index contributed by atoms with van der Waals surface area (Å²) < 4.78 is 33.9. The van der Waals surface area contributed by atoms with E-state index in [0.717, 1.165) is 6.08 Å². The molecule has 0 amide bonds. The SMILES string of the molecule is O=C(/C=C/c1ccc(O)cc1)OC[C@@]1(O)CO[C@@H](O[C@H]2[C@H](Oc3ccc([C@H]4CC(=O)c5ccc(O)cc5O4)cc3)O[C@H](CO)[C@@H](O)[C@@H]2O)[C@H]1O. The smallest absolute Gasteiger partial charge is 0.330 e. The number of hydrogen-bond acceptors (Lipinski definition) is 15. The van der Waals surface area contributed by atoms with Gasteiger partial charge in [0.1, 0.15) is 60.1 Å². The molecule has 3 heterocycles. The molecular weight excluding hydrogens is 660 g/mol. The van der Waals surface area contributed by atoms with Crippen molar-refractivity contribution >= 4 is 17.8 Å². The molecule has 7 N–H and O–H groups in total. The normalized spacial score (nSPS) is 30.9. The molecule has 6 rings (SSSR count). The van der Waals surface area contributed by atoms with Gasteiger partial charge in [-0.2, -0.15) is 0 Å². The minimum atomic E-state index is -2.10. The lowest BCUT2D eigenvalue weighted by molar-refractivity contribution is -0.318. The van der Waals surface area contributed by atoms with Crippen molar-refractivity contribution in [2.24, 2.45) is 0 Å².